The molecule has 0 bridgehead atoms. The summed E-state index contributed by atoms with van der Waals surface area (Å²) in [7, 11) is 0. The predicted octanol–water partition coefficient (Wildman–Crippen LogP) is 4.05. The molecule has 0 aliphatic heterocycles. The van der Waals surface area contributed by atoms with E-state index in [4.69, 9.17) is 9.52 Å². The smallest absolute Gasteiger partial charge is 0.306 e. The molecule has 27 heavy (non-hydrogen) atoms. The second-order valence-corrected chi connectivity index (χ2v) is 7.56. The van der Waals surface area contributed by atoms with Gasteiger partial charge >= 0.3 is 5.97 Å². The van der Waals surface area contributed by atoms with Crippen LogP contribution >= 0.6 is 11.3 Å². The van der Waals surface area contributed by atoms with Crippen LogP contribution in [0.5, 0.6) is 0 Å². The van der Waals surface area contributed by atoms with E-state index < -0.39 is 5.97 Å². The molecule has 0 saturated heterocycles. The first kappa shape index (κ1) is 17.5. The lowest BCUT2D eigenvalue weighted by Gasteiger charge is -2.12. The maximum atomic E-state index is 12.9. The number of hydrogen-bond acceptors (Lipinski definition) is 5. The summed E-state index contributed by atoms with van der Waals surface area (Å²) in [6.45, 7) is 0. The predicted molar refractivity (Wildman–Crippen MR) is 101 cm³/mol. The molecule has 0 spiro atoms. The highest BCUT2D eigenvalue weighted by atomic mass is 32.1. The van der Waals surface area contributed by atoms with Crippen LogP contribution in [0.15, 0.2) is 53.1 Å². The van der Waals surface area contributed by atoms with Gasteiger partial charge in [0.05, 0.1) is 17.9 Å². The maximum Gasteiger partial charge on any atom is 0.306 e. The number of carbonyl (C=O) groups excluding carboxylic acids is 1. The SMILES string of the molecule is O=C(N[C@@H]1CC[C@H](C(=O)O)C1)c1sc(-c2ccco2)nc1-c1ccccc1. The van der Waals surface area contributed by atoms with E-state index in [2.05, 4.69) is 10.3 Å². The highest BCUT2D eigenvalue weighted by Gasteiger charge is 2.32. The van der Waals surface area contributed by atoms with Gasteiger partial charge < -0.3 is 14.8 Å². The third kappa shape index (κ3) is 3.64. The first-order valence-electron chi connectivity index (χ1n) is 8.75. The zero-order valence-electron chi connectivity index (χ0n) is 14.4. The van der Waals surface area contributed by atoms with Crippen LogP contribution in [0.3, 0.4) is 0 Å². The normalized spacial score (nSPS) is 19.1. The lowest BCUT2D eigenvalue weighted by Crippen LogP contribution is -2.33. The van der Waals surface area contributed by atoms with E-state index in [1.54, 1.807) is 12.3 Å². The number of furan rings is 1. The first-order valence-corrected chi connectivity index (χ1v) is 9.57. The fourth-order valence-corrected chi connectivity index (χ4v) is 4.32. The number of nitrogens with zero attached hydrogens (tertiary/aromatic N) is 1. The van der Waals surface area contributed by atoms with Crippen molar-refractivity contribution < 1.29 is 19.1 Å². The quantitative estimate of drug-likeness (QED) is 0.694. The summed E-state index contributed by atoms with van der Waals surface area (Å²) < 4.78 is 5.43. The minimum Gasteiger partial charge on any atom is -0.481 e. The van der Waals surface area contributed by atoms with Gasteiger partial charge in [0.25, 0.3) is 5.91 Å². The number of benzene rings is 1. The number of carboxylic acid groups (broad SMARTS) is 1. The zero-order valence-corrected chi connectivity index (χ0v) is 15.2. The van der Waals surface area contributed by atoms with Crippen LogP contribution < -0.4 is 5.32 Å². The highest BCUT2D eigenvalue weighted by Crippen LogP contribution is 2.34. The molecule has 7 heteroatoms. The fourth-order valence-electron chi connectivity index (χ4n) is 3.36. The summed E-state index contributed by atoms with van der Waals surface area (Å²) in [6, 6.07) is 13.0. The Kier molecular flexibility index (Phi) is 4.77. The second kappa shape index (κ2) is 7.36. The third-order valence-corrected chi connectivity index (χ3v) is 5.80. The van der Waals surface area contributed by atoms with Crippen LogP contribution in [-0.2, 0) is 4.79 Å². The summed E-state index contributed by atoms with van der Waals surface area (Å²) in [4.78, 5) is 29.2. The molecule has 0 unspecified atom stereocenters. The van der Waals surface area contributed by atoms with Crippen LogP contribution in [-0.4, -0.2) is 28.0 Å². The van der Waals surface area contributed by atoms with Gasteiger partial charge in [-0.05, 0) is 31.4 Å². The molecule has 138 valence electrons. The molecule has 6 nitrogen and oxygen atoms in total. The van der Waals surface area contributed by atoms with Gasteiger partial charge in [-0.3, -0.25) is 9.59 Å². The van der Waals surface area contributed by atoms with Gasteiger partial charge in [0.2, 0.25) is 0 Å². The van der Waals surface area contributed by atoms with Crippen molar-refractivity contribution >= 4 is 23.2 Å². The van der Waals surface area contributed by atoms with Crippen LogP contribution in [0.2, 0.25) is 0 Å². The van der Waals surface area contributed by atoms with E-state index in [0.29, 0.717) is 40.6 Å². The number of amides is 1. The van der Waals surface area contributed by atoms with Crippen molar-refractivity contribution in [3.63, 3.8) is 0 Å². The zero-order chi connectivity index (χ0) is 18.8. The lowest BCUT2D eigenvalue weighted by atomic mass is 10.1. The van der Waals surface area contributed by atoms with Gasteiger partial charge in [0.1, 0.15) is 4.88 Å². The highest BCUT2D eigenvalue weighted by molar-refractivity contribution is 7.17. The monoisotopic (exact) mass is 382 g/mol. The van der Waals surface area contributed by atoms with Crippen LogP contribution in [0.4, 0.5) is 0 Å². The summed E-state index contributed by atoms with van der Waals surface area (Å²) in [6.07, 6.45) is 3.30. The van der Waals surface area contributed by atoms with E-state index in [1.807, 2.05) is 36.4 Å². The van der Waals surface area contributed by atoms with Gasteiger partial charge in [0, 0.05) is 11.6 Å². The second-order valence-electron chi connectivity index (χ2n) is 6.56. The Balaban J connectivity index is 1.63. The number of rotatable bonds is 5. The van der Waals surface area contributed by atoms with E-state index in [0.717, 1.165) is 5.56 Å². The summed E-state index contributed by atoms with van der Waals surface area (Å²) in [5, 5.41) is 12.8. The Hall–Kier alpha value is -2.93. The molecule has 1 aromatic carbocycles. The van der Waals surface area contributed by atoms with Gasteiger partial charge in [-0.2, -0.15) is 0 Å². The molecular weight excluding hydrogens is 364 g/mol. The van der Waals surface area contributed by atoms with Gasteiger partial charge in [0.15, 0.2) is 10.8 Å². The van der Waals surface area contributed by atoms with Crippen molar-refractivity contribution in [2.75, 3.05) is 0 Å². The molecule has 1 aliphatic rings. The molecule has 1 fully saturated rings. The molecule has 4 rings (SSSR count). The lowest BCUT2D eigenvalue weighted by molar-refractivity contribution is -0.141. The Morgan fingerprint density at radius 2 is 1.96 bits per heavy atom. The largest absolute Gasteiger partial charge is 0.481 e. The van der Waals surface area contributed by atoms with Crippen LogP contribution in [0.1, 0.15) is 28.9 Å². The molecule has 3 aromatic rings. The van der Waals surface area contributed by atoms with Crippen molar-refractivity contribution in [2.24, 2.45) is 5.92 Å². The van der Waals surface area contributed by atoms with Crippen molar-refractivity contribution in [3.8, 4) is 22.0 Å². The van der Waals surface area contributed by atoms with Gasteiger partial charge in [-0.15, -0.1) is 11.3 Å². The number of aliphatic carboxylic acids is 1. The molecule has 0 radical (unpaired) electrons. The molecule has 1 amide bonds. The van der Waals surface area contributed by atoms with Crippen LogP contribution in [0.25, 0.3) is 22.0 Å². The molecule has 1 saturated carbocycles. The Morgan fingerprint density at radius 3 is 2.63 bits per heavy atom. The van der Waals surface area contributed by atoms with E-state index in [-0.39, 0.29) is 17.9 Å². The average Bonchev–Trinajstić information content (AvgIpc) is 3.42. The van der Waals surface area contributed by atoms with Gasteiger partial charge in [-0.25, -0.2) is 4.98 Å². The Bertz CT molecular complexity index is 950. The molecule has 2 atom stereocenters. The van der Waals surface area contributed by atoms with Crippen LogP contribution in [0, 0.1) is 5.92 Å². The third-order valence-electron chi connectivity index (χ3n) is 4.73. The van der Waals surface area contributed by atoms with Crippen molar-refractivity contribution in [2.45, 2.75) is 25.3 Å². The standard InChI is InChI=1S/C20H18N2O4S/c23-18(21-14-9-8-13(11-14)20(24)25)17-16(12-5-2-1-3-6-12)22-19(27-17)15-7-4-10-26-15/h1-7,10,13-14H,8-9,11H2,(H,21,23)(H,24,25)/t13-,14+/m0/s1. The summed E-state index contributed by atoms with van der Waals surface area (Å²) >= 11 is 1.28. The van der Waals surface area contributed by atoms with E-state index in [9.17, 15) is 9.59 Å². The minimum atomic E-state index is -0.797. The molecule has 2 aromatic heterocycles. The molecule has 2 heterocycles. The fraction of sp³-hybridized carbons (Fsp3) is 0.250. The van der Waals surface area contributed by atoms with E-state index >= 15 is 0 Å². The van der Waals surface area contributed by atoms with Crippen molar-refractivity contribution in [3.05, 3.63) is 53.6 Å². The minimum absolute atomic E-state index is 0.128. The summed E-state index contributed by atoms with van der Waals surface area (Å²) in [5.41, 5.74) is 1.46. The Morgan fingerprint density at radius 1 is 1.15 bits per heavy atom. The number of carbonyl (C=O) groups is 2. The first-order chi connectivity index (χ1) is 13.1. The molecular formula is C20H18N2O4S. The number of carboxylic acids is 1. The average molecular weight is 382 g/mol. The van der Waals surface area contributed by atoms with E-state index in [1.165, 1.54) is 11.3 Å². The topological polar surface area (TPSA) is 92.4 Å². The van der Waals surface area contributed by atoms with Crippen molar-refractivity contribution in [1.82, 2.24) is 10.3 Å². The number of thiazole rings is 1. The number of aromatic nitrogens is 1. The van der Waals surface area contributed by atoms with Gasteiger partial charge in [-0.1, -0.05) is 30.3 Å². The summed E-state index contributed by atoms with van der Waals surface area (Å²) in [5.74, 6) is -0.790. The number of hydrogen-bond donors (Lipinski definition) is 2. The maximum absolute atomic E-state index is 12.9. The van der Waals surface area contributed by atoms with Crippen molar-refractivity contribution in [1.29, 1.82) is 0 Å². The number of nitrogens with one attached hydrogen (secondary N) is 1. The molecule has 1 aliphatic carbocycles. The molecule has 2 N–H and O–H groups in total. The Labute approximate surface area is 159 Å².